The highest BCUT2D eigenvalue weighted by Crippen LogP contribution is 2.16. The van der Waals surface area contributed by atoms with Gasteiger partial charge in [-0.25, -0.2) is 0 Å². The molecule has 0 heteroatoms. The molecule has 0 aliphatic heterocycles. The molecule has 0 unspecified atom stereocenters. The van der Waals surface area contributed by atoms with Crippen LogP contribution in [0.2, 0.25) is 0 Å². The molecule has 0 saturated heterocycles. The molecule has 0 spiro atoms. The van der Waals surface area contributed by atoms with Crippen LogP contribution in [-0.2, 0) is 0 Å². The third-order valence-electron chi connectivity index (χ3n) is 2.18. The van der Waals surface area contributed by atoms with Gasteiger partial charge in [-0.3, -0.25) is 0 Å². The van der Waals surface area contributed by atoms with Crippen molar-refractivity contribution in [2.75, 3.05) is 0 Å². The maximum atomic E-state index is 2.31. The summed E-state index contributed by atoms with van der Waals surface area (Å²) in [5.74, 6) is 0.633. The summed E-state index contributed by atoms with van der Waals surface area (Å²) in [6.45, 7) is 13.0. The molecular weight excluding hydrogens is 156 g/mol. The van der Waals surface area contributed by atoms with Crippen LogP contribution >= 0.6 is 0 Å². The van der Waals surface area contributed by atoms with E-state index in [0.717, 1.165) is 0 Å². The lowest BCUT2D eigenvalue weighted by molar-refractivity contribution is 0.822. The first kappa shape index (κ1) is 12.2. The van der Waals surface area contributed by atoms with Crippen LogP contribution < -0.4 is 0 Å². The van der Waals surface area contributed by atoms with E-state index >= 15 is 0 Å². The Morgan fingerprint density at radius 1 is 1.08 bits per heavy atom. The minimum Gasteiger partial charge on any atom is -0.0874 e. The summed E-state index contributed by atoms with van der Waals surface area (Å²) in [6.07, 6.45) is 6.55. The maximum absolute atomic E-state index is 2.31. The number of allylic oxidation sites excluding steroid dienone is 6. The minimum atomic E-state index is 0.633. The summed E-state index contributed by atoms with van der Waals surface area (Å²) in [4.78, 5) is 0. The van der Waals surface area contributed by atoms with Crippen molar-refractivity contribution in [3.63, 3.8) is 0 Å². The van der Waals surface area contributed by atoms with Crippen molar-refractivity contribution in [1.29, 1.82) is 0 Å². The van der Waals surface area contributed by atoms with Crippen LogP contribution in [0.1, 0.15) is 41.5 Å². The fourth-order valence-corrected chi connectivity index (χ4v) is 1.31. The normalized spacial score (nSPS) is 15.5. The van der Waals surface area contributed by atoms with Gasteiger partial charge in [-0.1, -0.05) is 37.6 Å². The van der Waals surface area contributed by atoms with Gasteiger partial charge in [0.15, 0.2) is 0 Å². The molecule has 0 amide bonds. The third kappa shape index (κ3) is 4.72. The smallest absolute Gasteiger partial charge is 0.0285 e. The molecule has 0 aliphatic carbocycles. The van der Waals surface area contributed by atoms with E-state index in [0.29, 0.717) is 5.92 Å². The molecule has 0 aliphatic rings. The second kappa shape index (κ2) is 5.80. The van der Waals surface area contributed by atoms with Crippen molar-refractivity contribution in [3.05, 3.63) is 34.9 Å². The maximum Gasteiger partial charge on any atom is -0.0285 e. The second-order valence-electron chi connectivity index (χ2n) is 3.90. The lowest BCUT2D eigenvalue weighted by Gasteiger charge is -2.06. The molecule has 0 N–H and O–H groups in total. The SMILES string of the molecule is CC=CC(C)=C(C)C(C)=CC(C)C. The summed E-state index contributed by atoms with van der Waals surface area (Å²) >= 11 is 0. The monoisotopic (exact) mass is 178 g/mol. The zero-order valence-corrected chi connectivity index (χ0v) is 9.81. The van der Waals surface area contributed by atoms with Crippen LogP contribution in [0.25, 0.3) is 0 Å². The van der Waals surface area contributed by atoms with Crippen molar-refractivity contribution in [2.45, 2.75) is 41.5 Å². The first-order chi connectivity index (χ1) is 5.99. The molecule has 0 fully saturated rings. The first-order valence-electron chi connectivity index (χ1n) is 4.98. The quantitative estimate of drug-likeness (QED) is 0.558. The molecule has 0 aromatic heterocycles. The number of rotatable bonds is 3. The van der Waals surface area contributed by atoms with Crippen LogP contribution in [0, 0.1) is 5.92 Å². The lowest BCUT2D eigenvalue weighted by Crippen LogP contribution is -1.88. The standard InChI is InChI=1S/C13H22/c1-7-8-11(4)13(6)12(5)9-10(2)3/h7-10H,1-6H3. The van der Waals surface area contributed by atoms with E-state index in [9.17, 15) is 0 Å². The van der Waals surface area contributed by atoms with Crippen LogP contribution in [0.3, 0.4) is 0 Å². The Kier molecular flexibility index (Phi) is 5.45. The van der Waals surface area contributed by atoms with Crippen LogP contribution in [0.15, 0.2) is 34.9 Å². The summed E-state index contributed by atoms with van der Waals surface area (Å²) in [5, 5.41) is 0. The highest BCUT2D eigenvalue weighted by Gasteiger charge is 1.97. The topological polar surface area (TPSA) is 0 Å². The Hall–Kier alpha value is -0.780. The Bertz CT molecular complexity index is 237. The van der Waals surface area contributed by atoms with Crippen LogP contribution in [-0.4, -0.2) is 0 Å². The lowest BCUT2D eigenvalue weighted by atomic mass is 10.0. The Morgan fingerprint density at radius 3 is 2.00 bits per heavy atom. The van der Waals surface area contributed by atoms with E-state index in [1.54, 1.807) is 0 Å². The fourth-order valence-electron chi connectivity index (χ4n) is 1.31. The van der Waals surface area contributed by atoms with E-state index in [-0.39, 0.29) is 0 Å². The van der Waals surface area contributed by atoms with Crippen molar-refractivity contribution in [1.82, 2.24) is 0 Å². The third-order valence-corrected chi connectivity index (χ3v) is 2.18. The molecule has 13 heavy (non-hydrogen) atoms. The second-order valence-corrected chi connectivity index (χ2v) is 3.90. The van der Waals surface area contributed by atoms with Gasteiger partial charge in [-0.15, -0.1) is 0 Å². The van der Waals surface area contributed by atoms with Gasteiger partial charge in [-0.05, 0) is 44.8 Å². The molecule has 0 nitrogen and oxygen atoms in total. The highest BCUT2D eigenvalue weighted by molar-refractivity contribution is 5.36. The molecule has 0 bridgehead atoms. The van der Waals surface area contributed by atoms with Gasteiger partial charge in [0, 0.05) is 0 Å². The Morgan fingerprint density at radius 2 is 1.62 bits per heavy atom. The zero-order chi connectivity index (χ0) is 10.4. The van der Waals surface area contributed by atoms with Crippen LogP contribution in [0.5, 0.6) is 0 Å². The predicted molar refractivity (Wildman–Crippen MR) is 61.8 cm³/mol. The van der Waals surface area contributed by atoms with Crippen molar-refractivity contribution in [3.8, 4) is 0 Å². The molecule has 0 aromatic carbocycles. The van der Waals surface area contributed by atoms with Gasteiger partial charge in [-0.2, -0.15) is 0 Å². The van der Waals surface area contributed by atoms with Crippen molar-refractivity contribution < 1.29 is 0 Å². The molecular formula is C13H22. The van der Waals surface area contributed by atoms with E-state index in [4.69, 9.17) is 0 Å². The predicted octanol–water partition coefficient (Wildman–Crippen LogP) is 4.50. The largest absolute Gasteiger partial charge is 0.0874 e. The van der Waals surface area contributed by atoms with Gasteiger partial charge < -0.3 is 0 Å². The molecule has 0 heterocycles. The van der Waals surface area contributed by atoms with Crippen molar-refractivity contribution >= 4 is 0 Å². The Labute approximate surface area is 83.0 Å². The van der Waals surface area contributed by atoms with Gasteiger partial charge in [0.2, 0.25) is 0 Å². The average Bonchev–Trinajstić information content (AvgIpc) is 2.02. The molecule has 0 saturated carbocycles. The summed E-state index contributed by atoms with van der Waals surface area (Å²) < 4.78 is 0. The molecule has 74 valence electrons. The van der Waals surface area contributed by atoms with Crippen LogP contribution in [0.4, 0.5) is 0 Å². The van der Waals surface area contributed by atoms with E-state index < -0.39 is 0 Å². The average molecular weight is 178 g/mol. The zero-order valence-electron chi connectivity index (χ0n) is 9.81. The molecule has 0 aromatic rings. The summed E-state index contributed by atoms with van der Waals surface area (Å²) in [6, 6.07) is 0. The van der Waals surface area contributed by atoms with Gasteiger partial charge in [0.05, 0.1) is 0 Å². The van der Waals surface area contributed by atoms with E-state index in [1.165, 1.54) is 16.7 Å². The summed E-state index contributed by atoms with van der Waals surface area (Å²) in [5.41, 5.74) is 4.15. The fraction of sp³-hybridized carbons (Fsp3) is 0.538. The van der Waals surface area contributed by atoms with E-state index in [2.05, 4.69) is 59.8 Å². The highest BCUT2D eigenvalue weighted by atomic mass is 14.0. The number of hydrogen-bond donors (Lipinski definition) is 0. The van der Waals surface area contributed by atoms with Gasteiger partial charge in [0.25, 0.3) is 0 Å². The van der Waals surface area contributed by atoms with Gasteiger partial charge >= 0.3 is 0 Å². The minimum absolute atomic E-state index is 0.633. The first-order valence-corrected chi connectivity index (χ1v) is 4.98. The summed E-state index contributed by atoms with van der Waals surface area (Å²) in [7, 11) is 0. The number of hydrogen-bond acceptors (Lipinski definition) is 0. The van der Waals surface area contributed by atoms with Crippen molar-refractivity contribution in [2.24, 2.45) is 5.92 Å². The van der Waals surface area contributed by atoms with E-state index in [1.807, 2.05) is 0 Å². The molecule has 0 atom stereocenters. The van der Waals surface area contributed by atoms with Gasteiger partial charge in [0.1, 0.15) is 0 Å². The molecule has 0 radical (unpaired) electrons. The molecule has 0 rings (SSSR count). The Balaban J connectivity index is 4.76.